The average Bonchev–Trinajstić information content (AvgIpc) is 2.11. The first-order valence-electron chi connectivity index (χ1n) is 4.19. The van der Waals surface area contributed by atoms with E-state index in [0.717, 1.165) is 5.57 Å². The molecule has 0 saturated heterocycles. The molecule has 0 aliphatic carbocycles. The standard InChI is InChI=1S/C10H18O2/c1-5-9(3)10(7-11-4)8-12-6-2/h5,8H,6-7H2,1-4H3/b9-5+,10-8+. The largest absolute Gasteiger partial charge is 0.501 e. The summed E-state index contributed by atoms with van der Waals surface area (Å²) in [4.78, 5) is 0. The molecule has 0 fully saturated rings. The van der Waals surface area contributed by atoms with Crippen LogP contribution in [0.15, 0.2) is 23.5 Å². The van der Waals surface area contributed by atoms with Crippen molar-refractivity contribution in [3.63, 3.8) is 0 Å². The van der Waals surface area contributed by atoms with Crippen molar-refractivity contribution < 1.29 is 9.47 Å². The minimum Gasteiger partial charge on any atom is -0.501 e. The lowest BCUT2D eigenvalue weighted by Crippen LogP contribution is -1.97. The predicted molar refractivity (Wildman–Crippen MR) is 51.0 cm³/mol. The molecule has 0 aromatic carbocycles. The first-order valence-corrected chi connectivity index (χ1v) is 4.19. The van der Waals surface area contributed by atoms with E-state index in [4.69, 9.17) is 9.47 Å². The molecule has 0 aromatic heterocycles. The summed E-state index contributed by atoms with van der Waals surface area (Å²) in [6.45, 7) is 7.32. The van der Waals surface area contributed by atoms with Crippen molar-refractivity contribution >= 4 is 0 Å². The molecule has 0 bridgehead atoms. The lowest BCUT2D eigenvalue weighted by molar-refractivity contribution is 0.215. The van der Waals surface area contributed by atoms with Gasteiger partial charge in [-0.3, -0.25) is 0 Å². The molecule has 0 aliphatic rings. The summed E-state index contributed by atoms with van der Waals surface area (Å²) >= 11 is 0. The fourth-order valence-corrected chi connectivity index (χ4v) is 0.766. The monoisotopic (exact) mass is 170 g/mol. The van der Waals surface area contributed by atoms with E-state index in [9.17, 15) is 0 Å². The van der Waals surface area contributed by atoms with Crippen LogP contribution in [0.25, 0.3) is 0 Å². The maximum absolute atomic E-state index is 5.19. The van der Waals surface area contributed by atoms with Crippen LogP contribution in [-0.4, -0.2) is 20.3 Å². The van der Waals surface area contributed by atoms with E-state index < -0.39 is 0 Å². The Morgan fingerprint density at radius 3 is 2.50 bits per heavy atom. The van der Waals surface area contributed by atoms with E-state index in [1.807, 2.05) is 26.8 Å². The molecular formula is C10H18O2. The fourth-order valence-electron chi connectivity index (χ4n) is 0.766. The van der Waals surface area contributed by atoms with Crippen LogP contribution >= 0.6 is 0 Å². The molecule has 0 N–H and O–H groups in total. The van der Waals surface area contributed by atoms with Crippen LogP contribution in [0.2, 0.25) is 0 Å². The summed E-state index contributed by atoms with van der Waals surface area (Å²) in [5, 5.41) is 0. The van der Waals surface area contributed by atoms with E-state index in [-0.39, 0.29) is 0 Å². The van der Waals surface area contributed by atoms with Gasteiger partial charge in [0.25, 0.3) is 0 Å². The van der Waals surface area contributed by atoms with Crippen LogP contribution in [0.5, 0.6) is 0 Å². The Kier molecular flexibility index (Phi) is 6.48. The third kappa shape index (κ3) is 4.19. The SMILES string of the molecule is C/C=C(C)/C(=C/OCC)COC. The Balaban J connectivity index is 4.21. The minimum absolute atomic E-state index is 0.607. The molecule has 0 radical (unpaired) electrons. The minimum atomic E-state index is 0.607. The average molecular weight is 170 g/mol. The van der Waals surface area contributed by atoms with Crippen LogP contribution < -0.4 is 0 Å². The normalized spacial score (nSPS) is 13.3. The van der Waals surface area contributed by atoms with E-state index in [0.29, 0.717) is 13.2 Å². The molecule has 0 rings (SSSR count). The molecule has 2 heteroatoms. The van der Waals surface area contributed by atoms with E-state index in [2.05, 4.69) is 0 Å². The van der Waals surface area contributed by atoms with Crippen LogP contribution in [0.3, 0.4) is 0 Å². The van der Waals surface area contributed by atoms with Crippen molar-refractivity contribution in [2.45, 2.75) is 20.8 Å². The van der Waals surface area contributed by atoms with Gasteiger partial charge in [0.1, 0.15) is 0 Å². The first-order chi connectivity index (χ1) is 5.76. The molecule has 0 unspecified atom stereocenters. The smallest absolute Gasteiger partial charge is 0.0886 e. The van der Waals surface area contributed by atoms with Crippen molar-refractivity contribution in [3.8, 4) is 0 Å². The number of ether oxygens (including phenoxy) is 2. The number of allylic oxidation sites excluding steroid dienone is 1. The zero-order valence-corrected chi connectivity index (χ0v) is 8.39. The Hall–Kier alpha value is -0.760. The first kappa shape index (κ1) is 11.2. The molecule has 0 amide bonds. The molecule has 70 valence electrons. The van der Waals surface area contributed by atoms with Crippen molar-refractivity contribution in [1.82, 2.24) is 0 Å². The van der Waals surface area contributed by atoms with Crippen molar-refractivity contribution in [3.05, 3.63) is 23.5 Å². The molecule has 0 atom stereocenters. The maximum Gasteiger partial charge on any atom is 0.0886 e. The lowest BCUT2D eigenvalue weighted by Gasteiger charge is -2.06. The van der Waals surface area contributed by atoms with Gasteiger partial charge in [0.2, 0.25) is 0 Å². The summed E-state index contributed by atoms with van der Waals surface area (Å²) in [5.41, 5.74) is 2.30. The Morgan fingerprint density at radius 1 is 1.42 bits per heavy atom. The molecule has 12 heavy (non-hydrogen) atoms. The van der Waals surface area contributed by atoms with E-state index >= 15 is 0 Å². The fraction of sp³-hybridized carbons (Fsp3) is 0.600. The molecule has 2 nitrogen and oxygen atoms in total. The van der Waals surface area contributed by atoms with Gasteiger partial charge in [-0.25, -0.2) is 0 Å². The summed E-state index contributed by atoms with van der Waals surface area (Å²) in [7, 11) is 1.68. The predicted octanol–water partition coefficient (Wildman–Crippen LogP) is 2.52. The second kappa shape index (κ2) is 6.92. The number of methoxy groups -OCH3 is 1. The van der Waals surface area contributed by atoms with Crippen LogP contribution in [0.1, 0.15) is 20.8 Å². The molecule has 0 heterocycles. The highest BCUT2D eigenvalue weighted by Crippen LogP contribution is 2.09. The molecule has 0 saturated carbocycles. The van der Waals surface area contributed by atoms with Crippen LogP contribution in [0, 0.1) is 0 Å². The topological polar surface area (TPSA) is 18.5 Å². The third-order valence-corrected chi connectivity index (χ3v) is 1.63. The van der Waals surface area contributed by atoms with Crippen LogP contribution in [0.4, 0.5) is 0 Å². The van der Waals surface area contributed by atoms with Gasteiger partial charge in [-0.15, -0.1) is 0 Å². The van der Waals surface area contributed by atoms with Crippen molar-refractivity contribution in [1.29, 1.82) is 0 Å². The second-order valence-corrected chi connectivity index (χ2v) is 2.50. The van der Waals surface area contributed by atoms with Crippen molar-refractivity contribution in [2.75, 3.05) is 20.3 Å². The summed E-state index contributed by atoms with van der Waals surface area (Å²) in [6, 6.07) is 0. The van der Waals surface area contributed by atoms with Crippen LogP contribution in [-0.2, 0) is 9.47 Å². The van der Waals surface area contributed by atoms with Gasteiger partial charge in [0, 0.05) is 12.7 Å². The quantitative estimate of drug-likeness (QED) is 0.466. The van der Waals surface area contributed by atoms with Gasteiger partial charge >= 0.3 is 0 Å². The van der Waals surface area contributed by atoms with Crippen molar-refractivity contribution in [2.24, 2.45) is 0 Å². The van der Waals surface area contributed by atoms with Gasteiger partial charge in [-0.05, 0) is 26.3 Å². The molecule has 0 aliphatic heterocycles. The molecular weight excluding hydrogens is 152 g/mol. The summed E-state index contributed by atoms with van der Waals surface area (Å²) < 4.78 is 10.2. The third-order valence-electron chi connectivity index (χ3n) is 1.63. The van der Waals surface area contributed by atoms with Gasteiger partial charge < -0.3 is 9.47 Å². The second-order valence-electron chi connectivity index (χ2n) is 2.50. The number of rotatable bonds is 5. The molecule has 0 aromatic rings. The highest BCUT2D eigenvalue weighted by atomic mass is 16.5. The van der Waals surface area contributed by atoms with Gasteiger partial charge in [-0.2, -0.15) is 0 Å². The number of hydrogen-bond donors (Lipinski definition) is 0. The van der Waals surface area contributed by atoms with Gasteiger partial charge in [0.05, 0.1) is 19.5 Å². The maximum atomic E-state index is 5.19. The summed E-state index contributed by atoms with van der Waals surface area (Å²) in [6.07, 6.45) is 3.81. The van der Waals surface area contributed by atoms with E-state index in [1.54, 1.807) is 13.4 Å². The zero-order chi connectivity index (χ0) is 9.40. The lowest BCUT2D eigenvalue weighted by atomic mass is 10.1. The highest BCUT2D eigenvalue weighted by Gasteiger charge is 1.98. The Morgan fingerprint density at radius 2 is 2.08 bits per heavy atom. The Labute approximate surface area is 74.9 Å². The van der Waals surface area contributed by atoms with Gasteiger partial charge in [-0.1, -0.05) is 6.08 Å². The van der Waals surface area contributed by atoms with E-state index in [1.165, 1.54) is 5.57 Å². The highest BCUT2D eigenvalue weighted by molar-refractivity contribution is 5.27. The molecule has 0 spiro atoms. The Bertz CT molecular complexity index is 169. The zero-order valence-electron chi connectivity index (χ0n) is 8.39. The van der Waals surface area contributed by atoms with Gasteiger partial charge in [0.15, 0.2) is 0 Å². The number of hydrogen-bond acceptors (Lipinski definition) is 2. The summed E-state index contributed by atoms with van der Waals surface area (Å²) in [5.74, 6) is 0.